The van der Waals surface area contributed by atoms with Crippen molar-refractivity contribution in [3.05, 3.63) is 24.3 Å². The minimum Gasteiger partial charge on any atom is -0.394 e. The summed E-state index contributed by atoms with van der Waals surface area (Å²) in [5.41, 5.74) is 5.32. The van der Waals surface area contributed by atoms with Crippen LogP contribution in [0.1, 0.15) is 19.8 Å². The third-order valence-electron chi connectivity index (χ3n) is 2.77. The van der Waals surface area contributed by atoms with E-state index in [0.717, 1.165) is 23.5 Å². The second kappa shape index (κ2) is 6.74. The summed E-state index contributed by atoms with van der Waals surface area (Å²) in [6.45, 7) is 1.82. The average molecular weight is 303 g/mol. The highest BCUT2D eigenvalue weighted by molar-refractivity contribution is 7.99. The van der Waals surface area contributed by atoms with Crippen LogP contribution in [0.25, 0.3) is 0 Å². The molecule has 0 aliphatic carbocycles. The van der Waals surface area contributed by atoms with Gasteiger partial charge in [-0.3, -0.25) is 0 Å². The molecule has 0 fully saturated rings. The van der Waals surface area contributed by atoms with Gasteiger partial charge in [-0.25, -0.2) is 8.42 Å². The first-order chi connectivity index (χ1) is 8.74. The van der Waals surface area contributed by atoms with Crippen molar-refractivity contribution in [1.29, 1.82) is 0 Å². The molecule has 0 aliphatic rings. The van der Waals surface area contributed by atoms with Gasteiger partial charge in [-0.05, 0) is 49.8 Å². The zero-order chi connectivity index (χ0) is 14.5. The Hall–Kier alpha value is -0.560. The average Bonchev–Trinajstić information content (AvgIpc) is 2.34. The van der Waals surface area contributed by atoms with Crippen molar-refractivity contribution < 1.29 is 13.5 Å². The van der Waals surface area contributed by atoms with Crippen molar-refractivity contribution in [3.63, 3.8) is 0 Å². The Balaban J connectivity index is 2.43. The summed E-state index contributed by atoms with van der Waals surface area (Å²) in [6.07, 6.45) is 2.87. The van der Waals surface area contributed by atoms with E-state index in [0.29, 0.717) is 4.90 Å². The van der Waals surface area contributed by atoms with E-state index in [1.807, 2.05) is 19.1 Å². The molecule has 1 atom stereocenters. The fraction of sp³-hybridized carbons (Fsp3) is 0.538. The summed E-state index contributed by atoms with van der Waals surface area (Å²) in [5, 5.41) is 9.03. The number of sulfone groups is 1. The van der Waals surface area contributed by atoms with Crippen LogP contribution in [-0.2, 0) is 9.84 Å². The summed E-state index contributed by atoms with van der Waals surface area (Å²) >= 11 is 1.66. The number of aliphatic hydroxyl groups excluding tert-OH is 1. The maximum Gasteiger partial charge on any atom is 0.175 e. The zero-order valence-corrected chi connectivity index (χ0v) is 12.9. The zero-order valence-electron chi connectivity index (χ0n) is 11.3. The Kier molecular flexibility index (Phi) is 5.85. The molecule has 0 saturated heterocycles. The second-order valence-electron chi connectivity index (χ2n) is 5.01. The molecule has 0 aliphatic heterocycles. The summed E-state index contributed by atoms with van der Waals surface area (Å²) < 4.78 is 22.6. The van der Waals surface area contributed by atoms with Crippen LogP contribution in [-0.4, -0.2) is 37.7 Å². The van der Waals surface area contributed by atoms with Crippen molar-refractivity contribution >= 4 is 21.6 Å². The molecule has 0 heterocycles. The van der Waals surface area contributed by atoms with Crippen molar-refractivity contribution in [2.45, 2.75) is 35.1 Å². The van der Waals surface area contributed by atoms with Crippen LogP contribution in [0.3, 0.4) is 0 Å². The number of hydrogen-bond donors (Lipinski definition) is 2. The number of nitrogens with two attached hydrogens (primary N) is 1. The SMILES string of the molecule is CC(N)(CO)CCCSc1ccc(S(C)(=O)=O)cc1. The van der Waals surface area contributed by atoms with Gasteiger partial charge in [0.05, 0.1) is 11.5 Å². The maximum absolute atomic E-state index is 11.3. The molecule has 0 saturated carbocycles. The van der Waals surface area contributed by atoms with Crippen molar-refractivity contribution in [1.82, 2.24) is 0 Å². The van der Waals surface area contributed by atoms with Crippen molar-refractivity contribution in [3.8, 4) is 0 Å². The Morgan fingerprint density at radius 1 is 1.32 bits per heavy atom. The van der Waals surface area contributed by atoms with Gasteiger partial charge in [0.2, 0.25) is 0 Å². The standard InChI is InChI=1S/C13H21NO3S2/c1-13(14,10-15)8-3-9-18-11-4-6-12(7-5-11)19(2,16)17/h4-7,15H,3,8-10,14H2,1-2H3. The molecule has 0 aromatic heterocycles. The molecule has 1 unspecified atom stereocenters. The minimum atomic E-state index is -3.12. The van der Waals surface area contributed by atoms with E-state index in [1.54, 1.807) is 23.9 Å². The van der Waals surface area contributed by atoms with Gasteiger partial charge in [0.15, 0.2) is 9.84 Å². The molecule has 4 nitrogen and oxygen atoms in total. The smallest absolute Gasteiger partial charge is 0.175 e. The van der Waals surface area contributed by atoms with Gasteiger partial charge in [0.25, 0.3) is 0 Å². The lowest BCUT2D eigenvalue weighted by atomic mass is 9.99. The highest BCUT2D eigenvalue weighted by Crippen LogP contribution is 2.22. The molecule has 0 amide bonds. The van der Waals surface area contributed by atoms with Gasteiger partial charge >= 0.3 is 0 Å². The fourth-order valence-electron chi connectivity index (χ4n) is 1.53. The molecule has 1 rings (SSSR count). The summed E-state index contributed by atoms with van der Waals surface area (Å²) in [4.78, 5) is 1.38. The first-order valence-corrected chi connectivity index (χ1v) is 8.95. The molecular formula is C13H21NO3S2. The predicted molar refractivity (Wildman–Crippen MR) is 79.2 cm³/mol. The normalized spacial score (nSPS) is 15.2. The lowest BCUT2D eigenvalue weighted by molar-refractivity contribution is 0.200. The molecule has 19 heavy (non-hydrogen) atoms. The van der Waals surface area contributed by atoms with E-state index in [1.165, 1.54) is 6.26 Å². The van der Waals surface area contributed by atoms with Gasteiger partial charge < -0.3 is 10.8 Å². The van der Waals surface area contributed by atoms with E-state index in [2.05, 4.69) is 0 Å². The van der Waals surface area contributed by atoms with Gasteiger partial charge in [-0.2, -0.15) is 0 Å². The van der Waals surface area contributed by atoms with Gasteiger partial charge in [-0.15, -0.1) is 11.8 Å². The lowest BCUT2D eigenvalue weighted by Gasteiger charge is -2.21. The number of rotatable bonds is 7. The van der Waals surface area contributed by atoms with Gasteiger partial charge in [0.1, 0.15) is 0 Å². The number of hydrogen-bond acceptors (Lipinski definition) is 5. The predicted octanol–water partition coefficient (Wildman–Crippen LogP) is 1.67. The number of benzene rings is 1. The topological polar surface area (TPSA) is 80.4 Å². The summed E-state index contributed by atoms with van der Waals surface area (Å²) in [7, 11) is -3.12. The number of aliphatic hydroxyl groups is 1. The van der Waals surface area contributed by atoms with E-state index in [4.69, 9.17) is 10.8 Å². The highest BCUT2D eigenvalue weighted by Gasteiger charge is 2.15. The highest BCUT2D eigenvalue weighted by atomic mass is 32.2. The first kappa shape index (κ1) is 16.5. The molecule has 1 aromatic carbocycles. The minimum absolute atomic E-state index is 0.0132. The van der Waals surface area contributed by atoms with Crippen LogP contribution < -0.4 is 5.73 Å². The van der Waals surface area contributed by atoms with Crippen LogP contribution in [0.2, 0.25) is 0 Å². The van der Waals surface area contributed by atoms with Crippen molar-refractivity contribution in [2.75, 3.05) is 18.6 Å². The van der Waals surface area contributed by atoms with Crippen LogP contribution >= 0.6 is 11.8 Å². The lowest BCUT2D eigenvalue weighted by Crippen LogP contribution is -2.40. The van der Waals surface area contributed by atoms with Crippen LogP contribution in [0.15, 0.2) is 34.1 Å². The molecule has 3 N–H and O–H groups in total. The summed E-state index contributed by atoms with van der Waals surface area (Å²) in [6, 6.07) is 6.88. The van der Waals surface area contributed by atoms with Crippen LogP contribution in [0.4, 0.5) is 0 Å². The van der Waals surface area contributed by atoms with Gasteiger partial charge in [0, 0.05) is 16.7 Å². The van der Waals surface area contributed by atoms with E-state index < -0.39 is 15.4 Å². The van der Waals surface area contributed by atoms with Crippen LogP contribution in [0, 0.1) is 0 Å². The monoisotopic (exact) mass is 303 g/mol. The second-order valence-corrected chi connectivity index (χ2v) is 8.19. The molecule has 0 radical (unpaired) electrons. The van der Waals surface area contributed by atoms with E-state index in [-0.39, 0.29) is 6.61 Å². The largest absolute Gasteiger partial charge is 0.394 e. The Labute approximate surface area is 119 Å². The molecule has 108 valence electrons. The molecule has 0 bridgehead atoms. The molecule has 6 heteroatoms. The summed E-state index contributed by atoms with van der Waals surface area (Å²) in [5.74, 6) is 0.894. The maximum atomic E-state index is 11.3. The first-order valence-electron chi connectivity index (χ1n) is 6.07. The van der Waals surface area contributed by atoms with Crippen LogP contribution in [0.5, 0.6) is 0 Å². The van der Waals surface area contributed by atoms with Gasteiger partial charge in [-0.1, -0.05) is 0 Å². The van der Waals surface area contributed by atoms with E-state index >= 15 is 0 Å². The van der Waals surface area contributed by atoms with E-state index in [9.17, 15) is 8.42 Å². The number of thioether (sulfide) groups is 1. The molecule has 0 spiro atoms. The quantitative estimate of drug-likeness (QED) is 0.591. The Bertz CT molecular complexity index is 495. The molecule has 1 aromatic rings. The van der Waals surface area contributed by atoms with Crippen molar-refractivity contribution in [2.24, 2.45) is 5.73 Å². The Morgan fingerprint density at radius 3 is 2.37 bits per heavy atom. The third-order valence-corrected chi connectivity index (χ3v) is 5.00. The molecular weight excluding hydrogens is 282 g/mol. The Morgan fingerprint density at radius 2 is 1.89 bits per heavy atom. The third kappa shape index (κ3) is 5.95. The fourth-order valence-corrected chi connectivity index (χ4v) is 3.01.